The maximum Gasteiger partial charge on any atom is 0.248 e. The average molecular weight is 346 g/mol. The molecule has 2 rings (SSSR count). The van der Waals surface area contributed by atoms with Crippen molar-refractivity contribution in [2.24, 2.45) is 5.92 Å². The number of benzene rings is 1. The van der Waals surface area contributed by atoms with Gasteiger partial charge in [-0.1, -0.05) is 35.0 Å². The predicted octanol–water partition coefficient (Wildman–Crippen LogP) is 4.80. The summed E-state index contributed by atoms with van der Waals surface area (Å²) in [6.45, 7) is 2.96. The van der Waals surface area contributed by atoms with E-state index in [0.717, 1.165) is 17.4 Å². The maximum absolute atomic E-state index is 13.3. The summed E-state index contributed by atoms with van der Waals surface area (Å²) < 4.78 is 27.6. The van der Waals surface area contributed by atoms with Crippen LogP contribution in [0.5, 0.6) is 0 Å². The number of hydrogen-bond donors (Lipinski definition) is 1. The third-order valence-electron chi connectivity index (χ3n) is 4.14. The molecule has 1 unspecified atom stereocenters. The lowest BCUT2D eigenvalue weighted by Gasteiger charge is -2.34. The first-order chi connectivity index (χ1) is 9.50. The highest BCUT2D eigenvalue weighted by Crippen LogP contribution is 2.38. The quantitative estimate of drug-likeness (QED) is 0.808. The topological polar surface area (TPSA) is 12.0 Å². The van der Waals surface area contributed by atoms with Crippen LogP contribution in [0.15, 0.2) is 28.7 Å². The van der Waals surface area contributed by atoms with E-state index >= 15 is 0 Å². The van der Waals surface area contributed by atoms with Crippen LogP contribution in [0.4, 0.5) is 8.78 Å². The van der Waals surface area contributed by atoms with Crippen molar-refractivity contribution >= 4 is 15.9 Å². The molecule has 20 heavy (non-hydrogen) atoms. The Balaban J connectivity index is 2.00. The van der Waals surface area contributed by atoms with E-state index in [4.69, 9.17) is 0 Å². The minimum atomic E-state index is -2.44. The van der Waals surface area contributed by atoms with E-state index in [9.17, 15) is 8.78 Å². The summed E-state index contributed by atoms with van der Waals surface area (Å²) in [6, 6.07) is 8.55. The molecule has 1 aliphatic carbocycles. The minimum Gasteiger partial charge on any atom is -0.314 e. The second-order valence-electron chi connectivity index (χ2n) is 5.69. The molecule has 1 N–H and O–H groups in total. The number of likely N-dealkylation sites (N-methyl/N-ethyl adjacent to an activating group) is 1. The molecular weight excluding hydrogens is 324 g/mol. The summed E-state index contributed by atoms with van der Waals surface area (Å²) in [4.78, 5) is 0. The fourth-order valence-corrected chi connectivity index (χ4v) is 3.50. The van der Waals surface area contributed by atoms with Crippen molar-refractivity contribution in [1.82, 2.24) is 5.32 Å². The summed E-state index contributed by atoms with van der Waals surface area (Å²) in [5.41, 5.74) is 1.25. The Bertz CT molecular complexity index is 426. The Hall–Kier alpha value is -0.480. The molecule has 0 bridgehead atoms. The first-order valence-electron chi connectivity index (χ1n) is 7.36. The van der Waals surface area contributed by atoms with E-state index in [-0.39, 0.29) is 12.8 Å². The van der Waals surface area contributed by atoms with E-state index < -0.39 is 5.92 Å². The second-order valence-corrected chi connectivity index (χ2v) is 6.61. The van der Waals surface area contributed by atoms with Gasteiger partial charge in [-0.25, -0.2) is 8.78 Å². The number of alkyl halides is 2. The van der Waals surface area contributed by atoms with E-state index in [2.05, 4.69) is 40.3 Å². The van der Waals surface area contributed by atoms with Gasteiger partial charge in [-0.05, 0) is 49.4 Å². The molecule has 1 aromatic carbocycles. The van der Waals surface area contributed by atoms with Crippen molar-refractivity contribution < 1.29 is 8.78 Å². The molecule has 1 aromatic rings. The SMILES string of the molecule is CCNC(Cc1cccc(Br)c1)C1CCC(F)(F)CC1. The second kappa shape index (κ2) is 6.99. The number of nitrogens with one attached hydrogen (secondary N) is 1. The Kier molecular flexibility index (Phi) is 5.56. The van der Waals surface area contributed by atoms with Gasteiger partial charge in [0.1, 0.15) is 0 Å². The van der Waals surface area contributed by atoms with Crippen LogP contribution < -0.4 is 5.32 Å². The van der Waals surface area contributed by atoms with Gasteiger partial charge in [0.15, 0.2) is 0 Å². The maximum atomic E-state index is 13.3. The molecule has 1 fully saturated rings. The van der Waals surface area contributed by atoms with Gasteiger partial charge in [-0.3, -0.25) is 0 Å². The third kappa shape index (κ3) is 4.52. The van der Waals surface area contributed by atoms with Crippen LogP contribution in [0.1, 0.15) is 38.2 Å². The van der Waals surface area contributed by atoms with Crippen LogP contribution in [0.25, 0.3) is 0 Å². The normalized spacial score (nSPS) is 20.8. The van der Waals surface area contributed by atoms with Crippen molar-refractivity contribution in [2.75, 3.05) is 6.54 Å². The van der Waals surface area contributed by atoms with Gasteiger partial charge in [0, 0.05) is 23.4 Å². The molecule has 1 saturated carbocycles. The van der Waals surface area contributed by atoms with Crippen molar-refractivity contribution in [3.63, 3.8) is 0 Å². The predicted molar refractivity (Wildman–Crippen MR) is 82.2 cm³/mol. The molecule has 1 aliphatic rings. The fourth-order valence-electron chi connectivity index (χ4n) is 3.05. The van der Waals surface area contributed by atoms with E-state index in [1.807, 2.05) is 12.1 Å². The smallest absolute Gasteiger partial charge is 0.248 e. The van der Waals surface area contributed by atoms with Gasteiger partial charge in [0.2, 0.25) is 5.92 Å². The van der Waals surface area contributed by atoms with Crippen LogP contribution in [-0.4, -0.2) is 18.5 Å². The summed E-state index contributed by atoms with van der Waals surface area (Å²) in [6.07, 6.45) is 2.23. The van der Waals surface area contributed by atoms with Gasteiger partial charge in [0.05, 0.1) is 0 Å². The molecule has 112 valence electrons. The highest BCUT2D eigenvalue weighted by atomic mass is 79.9. The zero-order valence-electron chi connectivity index (χ0n) is 11.8. The van der Waals surface area contributed by atoms with Crippen LogP contribution in [0.3, 0.4) is 0 Å². The monoisotopic (exact) mass is 345 g/mol. The summed E-state index contributed by atoms with van der Waals surface area (Å²) in [5.74, 6) is -2.09. The third-order valence-corrected chi connectivity index (χ3v) is 4.64. The number of rotatable bonds is 5. The van der Waals surface area contributed by atoms with Crippen LogP contribution in [0.2, 0.25) is 0 Å². The average Bonchev–Trinajstić information content (AvgIpc) is 2.38. The minimum absolute atomic E-state index is 0.0397. The highest BCUT2D eigenvalue weighted by Gasteiger charge is 2.37. The molecule has 0 amide bonds. The fraction of sp³-hybridized carbons (Fsp3) is 0.625. The van der Waals surface area contributed by atoms with Crippen LogP contribution >= 0.6 is 15.9 Å². The van der Waals surface area contributed by atoms with Crippen LogP contribution in [0, 0.1) is 5.92 Å². The Morgan fingerprint density at radius 2 is 2.05 bits per heavy atom. The van der Waals surface area contributed by atoms with Gasteiger partial charge in [-0.2, -0.15) is 0 Å². The number of hydrogen-bond acceptors (Lipinski definition) is 1. The molecular formula is C16H22BrF2N. The molecule has 0 aromatic heterocycles. The lowest BCUT2D eigenvalue weighted by molar-refractivity contribution is -0.0494. The summed E-state index contributed by atoms with van der Waals surface area (Å²) in [7, 11) is 0. The molecule has 1 atom stereocenters. The molecule has 0 aliphatic heterocycles. The largest absolute Gasteiger partial charge is 0.314 e. The van der Waals surface area contributed by atoms with Crippen LogP contribution in [-0.2, 0) is 6.42 Å². The molecule has 0 saturated heterocycles. The lowest BCUT2D eigenvalue weighted by Crippen LogP contribution is -2.41. The standard InChI is InChI=1S/C16H22BrF2N/c1-2-20-15(11-12-4-3-5-14(17)10-12)13-6-8-16(18,19)9-7-13/h3-5,10,13,15,20H,2,6-9,11H2,1H3. The van der Waals surface area contributed by atoms with Gasteiger partial charge < -0.3 is 5.32 Å². The van der Waals surface area contributed by atoms with E-state index in [0.29, 0.717) is 24.8 Å². The summed E-state index contributed by atoms with van der Waals surface area (Å²) in [5, 5.41) is 3.49. The first kappa shape index (κ1) is 15.9. The van der Waals surface area contributed by atoms with Gasteiger partial charge >= 0.3 is 0 Å². The van der Waals surface area contributed by atoms with E-state index in [1.165, 1.54) is 5.56 Å². The molecule has 4 heteroatoms. The zero-order chi connectivity index (χ0) is 14.6. The van der Waals surface area contributed by atoms with Gasteiger partial charge in [-0.15, -0.1) is 0 Å². The van der Waals surface area contributed by atoms with Crippen molar-refractivity contribution in [3.8, 4) is 0 Å². The first-order valence-corrected chi connectivity index (χ1v) is 8.15. The highest BCUT2D eigenvalue weighted by molar-refractivity contribution is 9.10. The van der Waals surface area contributed by atoms with Crippen molar-refractivity contribution in [2.45, 2.75) is 51.0 Å². The van der Waals surface area contributed by atoms with Crippen molar-refractivity contribution in [3.05, 3.63) is 34.3 Å². The Morgan fingerprint density at radius 3 is 2.65 bits per heavy atom. The molecule has 0 radical (unpaired) electrons. The molecule has 0 heterocycles. The van der Waals surface area contributed by atoms with E-state index in [1.54, 1.807) is 0 Å². The Labute approximate surface area is 128 Å². The van der Waals surface area contributed by atoms with Gasteiger partial charge in [0.25, 0.3) is 0 Å². The summed E-state index contributed by atoms with van der Waals surface area (Å²) >= 11 is 3.48. The molecule has 0 spiro atoms. The van der Waals surface area contributed by atoms with Crippen molar-refractivity contribution in [1.29, 1.82) is 0 Å². The number of halogens is 3. The Morgan fingerprint density at radius 1 is 1.35 bits per heavy atom. The molecule has 1 nitrogen and oxygen atoms in total. The lowest BCUT2D eigenvalue weighted by atomic mass is 9.80. The zero-order valence-corrected chi connectivity index (χ0v) is 13.4.